The van der Waals surface area contributed by atoms with Crippen molar-refractivity contribution in [3.8, 4) is 0 Å². The molecule has 9 heteroatoms. The van der Waals surface area contributed by atoms with E-state index in [0.717, 1.165) is 32.7 Å². The van der Waals surface area contributed by atoms with Crippen LogP contribution < -0.4 is 16.0 Å². The fourth-order valence-corrected chi connectivity index (χ4v) is 2.23. The summed E-state index contributed by atoms with van der Waals surface area (Å²) in [6.45, 7) is 6.88. The maximum absolute atomic E-state index is 11.5. The summed E-state index contributed by atoms with van der Waals surface area (Å²) < 4.78 is 5.04. The van der Waals surface area contributed by atoms with Gasteiger partial charge < -0.3 is 25.6 Å². The number of rotatable bonds is 11. The van der Waals surface area contributed by atoms with E-state index in [0.29, 0.717) is 25.6 Å². The van der Waals surface area contributed by atoms with Crippen molar-refractivity contribution >= 4 is 17.9 Å². The molecule has 1 fully saturated rings. The number of hydrogen-bond donors (Lipinski definition) is 3. The minimum Gasteiger partial charge on any atom is -0.385 e. The highest BCUT2D eigenvalue weighted by molar-refractivity contribution is 6.01. The molecule has 138 valence electrons. The van der Waals surface area contributed by atoms with Crippen molar-refractivity contribution in [3.63, 3.8) is 0 Å². The number of hydrogen-bond acceptors (Lipinski definition) is 5. The molecule has 1 aliphatic rings. The number of carbonyl (C=O) groups is 2. The van der Waals surface area contributed by atoms with Gasteiger partial charge in [-0.15, -0.1) is 0 Å². The van der Waals surface area contributed by atoms with Gasteiger partial charge in [-0.3, -0.25) is 14.7 Å². The number of nitrogens with one attached hydrogen (secondary N) is 3. The summed E-state index contributed by atoms with van der Waals surface area (Å²) in [5.41, 5.74) is 0. The minimum absolute atomic E-state index is 0.0857. The second-order valence-corrected chi connectivity index (χ2v) is 5.54. The summed E-state index contributed by atoms with van der Waals surface area (Å²) in [4.78, 5) is 30.9. The van der Waals surface area contributed by atoms with Crippen LogP contribution in [0.15, 0.2) is 4.99 Å². The Labute approximate surface area is 143 Å². The molecular weight excluding hydrogens is 312 g/mol. The first-order valence-corrected chi connectivity index (χ1v) is 8.36. The molecule has 0 saturated carbocycles. The van der Waals surface area contributed by atoms with Crippen LogP contribution in [0.5, 0.6) is 0 Å². The summed E-state index contributed by atoms with van der Waals surface area (Å²) in [6.07, 6.45) is 1.00. The quantitative estimate of drug-likeness (QED) is 0.194. The Morgan fingerprint density at radius 1 is 1.38 bits per heavy atom. The lowest BCUT2D eigenvalue weighted by atomic mass is 10.4. The molecule has 1 heterocycles. The van der Waals surface area contributed by atoms with Gasteiger partial charge in [0.1, 0.15) is 0 Å². The van der Waals surface area contributed by atoms with E-state index in [1.807, 2.05) is 6.92 Å². The molecule has 1 aliphatic heterocycles. The van der Waals surface area contributed by atoms with Gasteiger partial charge in [0.2, 0.25) is 5.91 Å². The fraction of sp³-hybridized carbons (Fsp3) is 0.800. The Hall–Kier alpha value is -1.87. The summed E-state index contributed by atoms with van der Waals surface area (Å²) in [5.74, 6) is 0.497. The Balaban J connectivity index is 2.29. The number of aliphatic imine (C=N–C) groups is 1. The highest BCUT2D eigenvalue weighted by atomic mass is 16.5. The standard InChI is InChI=1S/C15H30N6O3/c1-4-16-14(17-6-9-20(2)8-5-11-24-3)18-7-10-21-13(22)12-19-15(21)23/h4-12H2,1-3H3,(H,19,23)(H2,16,17,18). The molecule has 0 aromatic heterocycles. The zero-order chi connectivity index (χ0) is 17.8. The van der Waals surface area contributed by atoms with E-state index < -0.39 is 0 Å². The lowest BCUT2D eigenvalue weighted by Crippen LogP contribution is -2.43. The minimum atomic E-state index is -0.332. The molecule has 24 heavy (non-hydrogen) atoms. The molecule has 0 radical (unpaired) electrons. The van der Waals surface area contributed by atoms with Crippen LogP contribution in [0.3, 0.4) is 0 Å². The first-order valence-electron chi connectivity index (χ1n) is 8.36. The molecule has 0 aromatic rings. The third kappa shape index (κ3) is 7.60. The van der Waals surface area contributed by atoms with Crippen molar-refractivity contribution in [3.05, 3.63) is 0 Å². The maximum atomic E-state index is 11.5. The average molecular weight is 342 g/mol. The first kappa shape index (κ1) is 20.2. The van der Waals surface area contributed by atoms with E-state index in [1.54, 1.807) is 7.11 Å². The number of amides is 3. The van der Waals surface area contributed by atoms with Gasteiger partial charge in [0.25, 0.3) is 0 Å². The van der Waals surface area contributed by atoms with Crippen LogP contribution in [0.1, 0.15) is 13.3 Å². The molecule has 9 nitrogen and oxygen atoms in total. The third-order valence-corrected chi connectivity index (χ3v) is 3.55. The van der Waals surface area contributed by atoms with Crippen LogP contribution in [0.2, 0.25) is 0 Å². The smallest absolute Gasteiger partial charge is 0.324 e. The SMILES string of the molecule is CCNC(=NCCN(C)CCCOC)NCCN1C(=O)CNC1=O. The van der Waals surface area contributed by atoms with Gasteiger partial charge in [-0.1, -0.05) is 0 Å². The number of imide groups is 1. The van der Waals surface area contributed by atoms with Crippen LogP contribution in [-0.2, 0) is 9.53 Å². The van der Waals surface area contributed by atoms with Crippen LogP contribution >= 0.6 is 0 Å². The fourth-order valence-electron chi connectivity index (χ4n) is 2.23. The first-order chi connectivity index (χ1) is 11.6. The second kappa shape index (κ2) is 11.6. The second-order valence-electron chi connectivity index (χ2n) is 5.54. The number of carbonyl (C=O) groups excluding carboxylic acids is 2. The molecule has 0 aromatic carbocycles. The Bertz CT molecular complexity index is 413. The normalized spacial score (nSPS) is 15.2. The largest absolute Gasteiger partial charge is 0.385 e. The molecule has 0 bridgehead atoms. The van der Waals surface area contributed by atoms with Crippen LogP contribution in [0, 0.1) is 0 Å². The van der Waals surface area contributed by atoms with Crippen LogP contribution in [-0.4, -0.2) is 94.3 Å². The zero-order valence-electron chi connectivity index (χ0n) is 14.9. The van der Waals surface area contributed by atoms with Crippen LogP contribution in [0.25, 0.3) is 0 Å². The molecule has 0 spiro atoms. The third-order valence-electron chi connectivity index (χ3n) is 3.55. The number of nitrogens with zero attached hydrogens (tertiary/aromatic N) is 3. The Morgan fingerprint density at radius 3 is 2.79 bits per heavy atom. The molecule has 0 unspecified atom stereocenters. The number of methoxy groups -OCH3 is 1. The van der Waals surface area contributed by atoms with Crippen molar-refractivity contribution in [2.45, 2.75) is 13.3 Å². The summed E-state index contributed by atoms with van der Waals surface area (Å²) in [7, 11) is 3.77. The molecule has 1 rings (SSSR count). The van der Waals surface area contributed by atoms with Gasteiger partial charge in [-0.25, -0.2) is 4.79 Å². The summed E-state index contributed by atoms with van der Waals surface area (Å²) >= 11 is 0. The van der Waals surface area contributed by atoms with Gasteiger partial charge >= 0.3 is 6.03 Å². The van der Waals surface area contributed by atoms with Gasteiger partial charge in [-0.05, 0) is 20.4 Å². The monoisotopic (exact) mass is 342 g/mol. The van der Waals surface area contributed by atoms with E-state index in [2.05, 4.69) is 32.9 Å². The Kier molecular flexibility index (Phi) is 9.78. The van der Waals surface area contributed by atoms with E-state index in [-0.39, 0.29) is 18.5 Å². The Morgan fingerprint density at radius 2 is 2.17 bits per heavy atom. The zero-order valence-corrected chi connectivity index (χ0v) is 14.9. The highest BCUT2D eigenvalue weighted by Crippen LogP contribution is 1.97. The van der Waals surface area contributed by atoms with Crippen molar-refractivity contribution in [2.24, 2.45) is 4.99 Å². The maximum Gasteiger partial charge on any atom is 0.324 e. The molecular formula is C15H30N6O3. The van der Waals surface area contributed by atoms with Gasteiger partial charge in [-0.2, -0.15) is 0 Å². The van der Waals surface area contributed by atoms with Crippen molar-refractivity contribution in [2.75, 3.05) is 66.6 Å². The molecule has 3 N–H and O–H groups in total. The van der Waals surface area contributed by atoms with Crippen molar-refractivity contribution < 1.29 is 14.3 Å². The lowest BCUT2D eigenvalue weighted by Gasteiger charge is -2.17. The molecule has 0 aliphatic carbocycles. The molecule has 0 atom stereocenters. The topological polar surface area (TPSA) is 98.3 Å². The number of urea groups is 1. The molecule has 3 amide bonds. The highest BCUT2D eigenvalue weighted by Gasteiger charge is 2.27. The number of ether oxygens (including phenoxy) is 1. The summed E-state index contributed by atoms with van der Waals surface area (Å²) in [5, 5.41) is 8.79. The lowest BCUT2D eigenvalue weighted by molar-refractivity contribution is -0.124. The predicted molar refractivity (Wildman–Crippen MR) is 93.1 cm³/mol. The van der Waals surface area contributed by atoms with Gasteiger partial charge in [0.15, 0.2) is 5.96 Å². The number of guanidine groups is 1. The molecule has 1 saturated heterocycles. The predicted octanol–water partition coefficient (Wildman–Crippen LogP) is -0.938. The van der Waals surface area contributed by atoms with Crippen molar-refractivity contribution in [1.82, 2.24) is 25.8 Å². The van der Waals surface area contributed by atoms with Gasteiger partial charge in [0, 0.05) is 46.4 Å². The van der Waals surface area contributed by atoms with Gasteiger partial charge in [0.05, 0.1) is 13.1 Å². The van der Waals surface area contributed by atoms with E-state index in [4.69, 9.17) is 4.74 Å². The van der Waals surface area contributed by atoms with E-state index in [1.165, 1.54) is 4.90 Å². The summed E-state index contributed by atoms with van der Waals surface area (Å²) in [6, 6.07) is -0.332. The van der Waals surface area contributed by atoms with Crippen LogP contribution in [0.4, 0.5) is 4.79 Å². The average Bonchev–Trinajstić information content (AvgIpc) is 2.87. The number of likely N-dealkylation sites (N-methyl/N-ethyl adjacent to an activating group) is 1. The van der Waals surface area contributed by atoms with E-state index in [9.17, 15) is 9.59 Å². The van der Waals surface area contributed by atoms with E-state index >= 15 is 0 Å². The van der Waals surface area contributed by atoms with Crippen molar-refractivity contribution in [1.29, 1.82) is 0 Å².